The highest BCUT2D eigenvalue weighted by molar-refractivity contribution is 5.96. The van der Waals surface area contributed by atoms with Gasteiger partial charge in [-0.1, -0.05) is 0 Å². The molecular weight excluding hydrogens is 188 g/mol. The Hall–Kier alpha value is -1.92. The first-order chi connectivity index (χ1) is 6.49. The molecule has 1 aromatic heterocycles. The van der Waals surface area contributed by atoms with Crippen LogP contribution in [-0.2, 0) is 7.05 Å². The van der Waals surface area contributed by atoms with Crippen LogP contribution >= 0.6 is 0 Å². The molecule has 14 heavy (non-hydrogen) atoms. The zero-order valence-electron chi connectivity index (χ0n) is 8.07. The van der Waals surface area contributed by atoms with Crippen molar-refractivity contribution in [2.75, 3.05) is 7.05 Å². The molecule has 0 saturated heterocycles. The Bertz CT molecular complexity index is 396. The van der Waals surface area contributed by atoms with Crippen molar-refractivity contribution in [1.82, 2.24) is 15.1 Å². The largest absolute Gasteiger partial charge is 0.354 e. The topological polar surface area (TPSA) is 90.1 Å². The molecule has 7 nitrogen and oxygen atoms in total. The van der Waals surface area contributed by atoms with Crippen LogP contribution in [0.2, 0.25) is 0 Å². The number of nitrogens with zero attached hydrogens (tertiary/aromatic N) is 3. The van der Waals surface area contributed by atoms with E-state index >= 15 is 0 Å². The minimum Gasteiger partial charge on any atom is -0.354 e. The average Bonchev–Trinajstić information content (AvgIpc) is 2.39. The van der Waals surface area contributed by atoms with Crippen molar-refractivity contribution in [3.63, 3.8) is 0 Å². The SMILES string of the molecule is CNC(=O)c1c([N+](=O)[O-])c(C)nn1C. The highest BCUT2D eigenvalue weighted by atomic mass is 16.6. The van der Waals surface area contributed by atoms with E-state index in [1.165, 1.54) is 25.7 Å². The molecule has 7 heteroatoms. The van der Waals surface area contributed by atoms with Gasteiger partial charge in [0.15, 0.2) is 0 Å². The summed E-state index contributed by atoms with van der Waals surface area (Å²) in [7, 11) is 2.90. The van der Waals surface area contributed by atoms with E-state index in [0.29, 0.717) is 0 Å². The van der Waals surface area contributed by atoms with Crippen molar-refractivity contribution in [3.05, 3.63) is 21.5 Å². The normalized spacial score (nSPS) is 9.93. The van der Waals surface area contributed by atoms with Gasteiger partial charge in [0.2, 0.25) is 5.69 Å². The third-order valence-electron chi connectivity index (χ3n) is 1.82. The highest BCUT2D eigenvalue weighted by Crippen LogP contribution is 2.21. The summed E-state index contributed by atoms with van der Waals surface area (Å²) in [6, 6.07) is 0. The number of rotatable bonds is 2. The van der Waals surface area contributed by atoms with Gasteiger partial charge in [-0.25, -0.2) is 0 Å². The van der Waals surface area contributed by atoms with E-state index in [0.717, 1.165) is 0 Å². The summed E-state index contributed by atoms with van der Waals surface area (Å²) in [5, 5.41) is 16.8. The Morgan fingerprint density at radius 2 is 2.21 bits per heavy atom. The number of hydrogen-bond acceptors (Lipinski definition) is 4. The van der Waals surface area contributed by atoms with E-state index < -0.39 is 10.8 Å². The maximum absolute atomic E-state index is 11.3. The number of carbonyl (C=O) groups excluding carboxylic acids is 1. The lowest BCUT2D eigenvalue weighted by Crippen LogP contribution is -2.22. The van der Waals surface area contributed by atoms with Gasteiger partial charge in [0, 0.05) is 14.1 Å². The number of carbonyl (C=O) groups is 1. The molecule has 1 aromatic rings. The van der Waals surface area contributed by atoms with Crippen LogP contribution in [0.1, 0.15) is 16.2 Å². The summed E-state index contributed by atoms with van der Waals surface area (Å²) in [5.74, 6) is -0.514. The van der Waals surface area contributed by atoms with E-state index in [4.69, 9.17) is 0 Å². The third-order valence-corrected chi connectivity index (χ3v) is 1.82. The summed E-state index contributed by atoms with van der Waals surface area (Å²) >= 11 is 0. The first kappa shape index (κ1) is 10.2. The van der Waals surface area contributed by atoms with Gasteiger partial charge in [0.25, 0.3) is 5.91 Å². The first-order valence-electron chi connectivity index (χ1n) is 3.89. The summed E-state index contributed by atoms with van der Waals surface area (Å²) in [6.45, 7) is 1.49. The van der Waals surface area contributed by atoms with Crippen LogP contribution < -0.4 is 5.32 Å². The molecule has 0 atom stereocenters. The summed E-state index contributed by atoms with van der Waals surface area (Å²) < 4.78 is 1.20. The van der Waals surface area contributed by atoms with E-state index in [2.05, 4.69) is 10.4 Å². The third kappa shape index (κ3) is 1.43. The fraction of sp³-hybridized carbons (Fsp3) is 0.429. The van der Waals surface area contributed by atoms with E-state index in [9.17, 15) is 14.9 Å². The van der Waals surface area contributed by atoms with Crippen LogP contribution in [0, 0.1) is 17.0 Å². The van der Waals surface area contributed by atoms with Gasteiger partial charge in [0.05, 0.1) is 4.92 Å². The van der Waals surface area contributed by atoms with Crippen molar-refractivity contribution < 1.29 is 9.72 Å². The molecule has 0 aliphatic heterocycles. The van der Waals surface area contributed by atoms with Gasteiger partial charge in [-0.15, -0.1) is 0 Å². The van der Waals surface area contributed by atoms with Crippen LogP contribution in [0.5, 0.6) is 0 Å². The molecule has 0 radical (unpaired) electrons. The van der Waals surface area contributed by atoms with Gasteiger partial charge >= 0.3 is 5.69 Å². The van der Waals surface area contributed by atoms with Crippen LogP contribution in [0.3, 0.4) is 0 Å². The van der Waals surface area contributed by atoms with Crippen molar-refractivity contribution in [2.45, 2.75) is 6.92 Å². The Labute approximate surface area is 79.9 Å². The fourth-order valence-electron chi connectivity index (χ4n) is 1.24. The quantitative estimate of drug-likeness (QED) is 0.534. The van der Waals surface area contributed by atoms with Crippen LogP contribution in [-0.4, -0.2) is 27.7 Å². The second kappa shape index (κ2) is 3.44. The van der Waals surface area contributed by atoms with Gasteiger partial charge < -0.3 is 5.32 Å². The average molecular weight is 198 g/mol. The molecule has 1 amide bonds. The molecule has 0 spiro atoms. The first-order valence-corrected chi connectivity index (χ1v) is 3.89. The van der Waals surface area contributed by atoms with E-state index in [1.807, 2.05) is 0 Å². The maximum Gasteiger partial charge on any atom is 0.322 e. The predicted octanol–water partition coefficient (Wildman–Crippen LogP) is -0.00368. The molecule has 0 unspecified atom stereocenters. The maximum atomic E-state index is 11.3. The number of nitrogens with one attached hydrogen (secondary N) is 1. The minimum absolute atomic E-state index is 0.0324. The number of nitro groups is 1. The van der Waals surface area contributed by atoms with E-state index in [1.54, 1.807) is 0 Å². The van der Waals surface area contributed by atoms with Crippen molar-refractivity contribution >= 4 is 11.6 Å². The predicted molar refractivity (Wildman–Crippen MR) is 48.0 cm³/mol. The Morgan fingerprint density at radius 3 is 2.64 bits per heavy atom. The van der Waals surface area contributed by atoms with Gasteiger partial charge in [0.1, 0.15) is 5.69 Å². The molecule has 76 valence electrons. The minimum atomic E-state index is -0.604. The molecule has 1 heterocycles. The van der Waals surface area contributed by atoms with E-state index in [-0.39, 0.29) is 17.1 Å². The lowest BCUT2D eigenvalue weighted by Gasteiger charge is -1.98. The lowest BCUT2D eigenvalue weighted by molar-refractivity contribution is -0.385. The van der Waals surface area contributed by atoms with Crippen LogP contribution in [0.4, 0.5) is 5.69 Å². The second-order valence-electron chi connectivity index (χ2n) is 2.74. The standard InChI is InChI=1S/C7H10N4O3/c1-4-5(11(13)14)6(7(12)8-2)10(3)9-4/h1-3H3,(H,8,12). The Kier molecular flexibility index (Phi) is 2.50. The molecule has 0 saturated carbocycles. The van der Waals surface area contributed by atoms with Gasteiger partial charge in [-0.3, -0.25) is 19.6 Å². The number of aryl methyl sites for hydroxylation is 2. The molecular formula is C7H10N4O3. The highest BCUT2D eigenvalue weighted by Gasteiger charge is 2.28. The number of hydrogen-bond donors (Lipinski definition) is 1. The number of amides is 1. The van der Waals surface area contributed by atoms with Crippen LogP contribution in [0.15, 0.2) is 0 Å². The zero-order chi connectivity index (χ0) is 10.9. The summed E-state index contributed by atoms with van der Waals surface area (Å²) in [4.78, 5) is 21.3. The smallest absolute Gasteiger partial charge is 0.322 e. The summed E-state index contributed by atoms with van der Waals surface area (Å²) in [6.07, 6.45) is 0. The van der Waals surface area contributed by atoms with Crippen molar-refractivity contribution in [2.24, 2.45) is 7.05 Å². The van der Waals surface area contributed by atoms with Crippen molar-refractivity contribution in [1.29, 1.82) is 0 Å². The molecule has 0 aliphatic rings. The lowest BCUT2D eigenvalue weighted by atomic mass is 10.3. The molecule has 0 fully saturated rings. The molecule has 0 aromatic carbocycles. The van der Waals surface area contributed by atoms with Gasteiger partial charge in [-0.05, 0) is 6.92 Å². The molecule has 1 rings (SSSR count). The second-order valence-corrected chi connectivity index (χ2v) is 2.74. The molecule has 0 aliphatic carbocycles. The fourth-order valence-corrected chi connectivity index (χ4v) is 1.24. The molecule has 1 N–H and O–H groups in total. The number of aromatic nitrogens is 2. The Balaban J connectivity index is 3.39. The van der Waals surface area contributed by atoms with Gasteiger partial charge in [-0.2, -0.15) is 5.10 Å². The Morgan fingerprint density at radius 1 is 1.64 bits per heavy atom. The monoisotopic (exact) mass is 198 g/mol. The van der Waals surface area contributed by atoms with Crippen LogP contribution in [0.25, 0.3) is 0 Å². The zero-order valence-corrected chi connectivity index (χ0v) is 8.07. The summed E-state index contributed by atoms with van der Waals surface area (Å²) in [5.41, 5.74) is -0.0436. The molecule has 0 bridgehead atoms. The van der Waals surface area contributed by atoms with Crippen molar-refractivity contribution in [3.8, 4) is 0 Å².